The Bertz CT molecular complexity index is 1560. The molecule has 0 fully saturated rings. The summed E-state index contributed by atoms with van der Waals surface area (Å²) in [6.45, 7) is 8.36. The molecule has 1 unspecified atom stereocenters. The molecule has 2 aromatic carbocycles. The molecule has 1 aliphatic heterocycles. The average molecular weight is 617 g/mol. The Balaban J connectivity index is 1.50. The highest BCUT2D eigenvalue weighted by Gasteiger charge is 2.16. The van der Waals surface area contributed by atoms with Gasteiger partial charge in [-0.1, -0.05) is 59.0 Å². The summed E-state index contributed by atoms with van der Waals surface area (Å²) in [4.78, 5) is 10.5. The van der Waals surface area contributed by atoms with Gasteiger partial charge in [0.05, 0.1) is 37.4 Å². The van der Waals surface area contributed by atoms with Crippen molar-refractivity contribution in [2.45, 2.75) is 57.8 Å². The number of allylic oxidation sites excluding steroid dienone is 5. The Morgan fingerprint density at radius 2 is 1.88 bits per heavy atom. The number of aromatic nitrogens is 2. The van der Waals surface area contributed by atoms with Crippen LogP contribution in [0.15, 0.2) is 77.4 Å². The molecule has 1 atom stereocenters. The summed E-state index contributed by atoms with van der Waals surface area (Å²) < 4.78 is 12.4. The number of benzene rings is 2. The molecule has 3 aromatic rings. The first kappa shape index (κ1) is 31.0. The lowest BCUT2D eigenvalue weighted by molar-refractivity contribution is 0.180. The minimum Gasteiger partial charge on any atom is -0.491 e. The highest BCUT2D eigenvalue weighted by Crippen LogP contribution is 2.38. The average Bonchev–Trinajstić information content (AvgIpc) is 3.22. The Morgan fingerprint density at radius 3 is 2.77 bits per heavy atom. The number of hydrogen-bond acceptors (Lipinski definition) is 6. The molecule has 6 nitrogen and oxygen atoms in total. The fraction of sp³-hybridized carbons (Fsp3) is 0.343. The number of nitrogens with one attached hydrogen (secondary N) is 2. The number of nitrogens with zero attached hydrogens (tertiary/aromatic N) is 2. The summed E-state index contributed by atoms with van der Waals surface area (Å²) in [7, 11) is -0.0998. The molecule has 5 rings (SSSR count). The predicted octanol–water partition coefficient (Wildman–Crippen LogP) is 9.63. The fourth-order valence-corrected chi connectivity index (χ4v) is 7.03. The Morgan fingerprint density at radius 1 is 1.00 bits per heavy atom. The molecule has 1 aliphatic carbocycles. The Kier molecular flexibility index (Phi) is 11.1. The van der Waals surface area contributed by atoms with E-state index in [1.54, 1.807) is 6.20 Å². The van der Waals surface area contributed by atoms with Crippen molar-refractivity contribution in [1.82, 2.24) is 9.97 Å². The molecule has 0 saturated heterocycles. The van der Waals surface area contributed by atoms with Gasteiger partial charge in [0.15, 0.2) is 5.82 Å². The largest absolute Gasteiger partial charge is 0.491 e. The van der Waals surface area contributed by atoms with Crippen LogP contribution in [0.5, 0.6) is 5.75 Å². The zero-order chi connectivity index (χ0) is 30.0. The van der Waals surface area contributed by atoms with E-state index in [-0.39, 0.29) is 10.5 Å². The molecule has 1 aromatic heterocycles. The van der Waals surface area contributed by atoms with Gasteiger partial charge in [0.2, 0.25) is 5.95 Å². The van der Waals surface area contributed by atoms with Gasteiger partial charge in [-0.2, -0.15) is 15.5 Å². The van der Waals surface area contributed by atoms with Gasteiger partial charge < -0.3 is 20.1 Å². The maximum absolute atomic E-state index is 6.61. The van der Waals surface area contributed by atoms with Crippen LogP contribution in [0, 0.1) is 6.92 Å². The quantitative estimate of drug-likeness (QED) is 0.210. The Hall–Kier alpha value is -3.39. The first-order valence-corrected chi connectivity index (χ1v) is 16.9. The summed E-state index contributed by atoms with van der Waals surface area (Å²) in [5.74, 6) is 2.69. The van der Waals surface area contributed by atoms with E-state index >= 15 is 0 Å². The summed E-state index contributed by atoms with van der Waals surface area (Å²) in [5.41, 5.74) is 7.00. The van der Waals surface area contributed by atoms with E-state index < -0.39 is 0 Å². The van der Waals surface area contributed by atoms with Gasteiger partial charge in [0.1, 0.15) is 10.8 Å². The molecule has 2 bridgehead atoms. The molecule has 8 heteroatoms. The molecule has 2 aliphatic rings. The summed E-state index contributed by atoms with van der Waals surface area (Å²) in [6, 6.07) is 12.6. The smallest absolute Gasteiger partial charge is 0.229 e. The number of rotatable bonds is 1. The molecule has 0 spiro atoms. The van der Waals surface area contributed by atoms with Crippen LogP contribution in [0.1, 0.15) is 57.1 Å². The number of anilines is 4. The molecule has 226 valence electrons. The van der Waals surface area contributed by atoms with Crippen LogP contribution in [0.3, 0.4) is 0 Å². The molecule has 0 saturated carbocycles. The number of ether oxygens (including phenoxy) is 2. The van der Waals surface area contributed by atoms with Crippen LogP contribution in [-0.2, 0) is 4.74 Å². The van der Waals surface area contributed by atoms with E-state index in [4.69, 9.17) is 26.1 Å². The van der Waals surface area contributed by atoms with Crippen molar-refractivity contribution in [3.63, 3.8) is 0 Å². The second-order valence-electron chi connectivity index (χ2n) is 10.7. The second kappa shape index (κ2) is 15.4. The van der Waals surface area contributed by atoms with Crippen LogP contribution in [0.4, 0.5) is 23.1 Å². The van der Waals surface area contributed by atoms with Crippen molar-refractivity contribution in [3.8, 4) is 5.75 Å². The van der Waals surface area contributed by atoms with Gasteiger partial charge in [-0.3, -0.25) is 0 Å². The van der Waals surface area contributed by atoms with Crippen LogP contribution >= 0.6 is 22.1 Å². The number of para-hydroxylation sites is 1. The predicted molar refractivity (Wildman–Crippen MR) is 184 cm³/mol. The van der Waals surface area contributed by atoms with Gasteiger partial charge in [-0.15, -0.1) is 0 Å². The van der Waals surface area contributed by atoms with Crippen LogP contribution in [0.25, 0.3) is 5.57 Å². The summed E-state index contributed by atoms with van der Waals surface area (Å²) in [5, 5.41) is 9.61. The second-order valence-corrected chi connectivity index (χ2v) is 13.3. The van der Waals surface area contributed by atoms with E-state index in [1.165, 1.54) is 27.2 Å². The van der Waals surface area contributed by atoms with Crippen molar-refractivity contribution in [2.75, 3.05) is 36.2 Å². The van der Waals surface area contributed by atoms with Crippen molar-refractivity contribution in [3.05, 3.63) is 88.6 Å². The number of aryl methyl sites for hydroxylation is 1. The van der Waals surface area contributed by atoms with Crippen molar-refractivity contribution < 1.29 is 9.47 Å². The van der Waals surface area contributed by atoms with E-state index in [0.29, 0.717) is 36.6 Å². The van der Waals surface area contributed by atoms with E-state index in [1.807, 2.05) is 6.07 Å². The fourth-order valence-electron chi connectivity index (χ4n) is 5.23. The number of hydrogen-bond donors (Lipinski definition) is 2. The minimum atomic E-state index is -0.0998. The zero-order valence-electron chi connectivity index (χ0n) is 25.3. The van der Waals surface area contributed by atoms with Crippen molar-refractivity contribution in [1.29, 1.82) is 0 Å². The van der Waals surface area contributed by atoms with Crippen LogP contribution < -0.4 is 15.4 Å². The number of halogens is 1. The lowest BCUT2D eigenvalue weighted by atomic mass is 9.95. The van der Waals surface area contributed by atoms with Crippen molar-refractivity contribution >= 4 is 56.2 Å². The van der Waals surface area contributed by atoms with Gasteiger partial charge in [-0.25, -0.2) is 4.98 Å². The molecular weight excluding hydrogens is 576 g/mol. The van der Waals surface area contributed by atoms with E-state index in [9.17, 15) is 0 Å². The first-order chi connectivity index (χ1) is 21.0. The summed E-state index contributed by atoms with van der Waals surface area (Å²) >= 11 is 6.61. The van der Waals surface area contributed by atoms with Crippen molar-refractivity contribution in [2.24, 2.45) is 0 Å². The van der Waals surface area contributed by atoms with E-state index in [0.717, 1.165) is 55.0 Å². The molecular formula is C35H41ClN4O2S. The number of fused-ring (bicyclic) bond motifs is 4. The molecule has 0 amide bonds. The third-order valence-electron chi connectivity index (χ3n) is 7.55. The Labute approximate surface area is 263 Å². The minimum absolute atomic E-state index is 0.0998. The van der Waals surface area contributed by atoms with Gasteiger partial charge in [0.25, 0.3) is 0 Å². The first-order valence-electron chi connectivity index (χ1n) is 15.0. The highest BCUT2D eigenvalue weighted by molar-refractivity contribution is 8.15. The molecule has 0 radical (unpaired) electrons. The standard InChI is InChI=1S/C35H41ClN4O2S/c1-4-43-21-20-41-18-9-5-6-10-19-42-32-23-28(27-13-11-12-25(2)16-17-27)26(3)22-31(32)39-35-37-24-29(36)34(40-35)38-30-14-7-8-15-33(30)43/h4-5,7-9,12,14-15,17,22-24H,6,10-11,13,16,18-21H2,1-3H3,(H2,37,38,39,40)/b9-5-. The molecule has 43 heavy (non-hydrogen) atoms. The lowest BCUT2D eigenvalue weighted by Gasteiger charge is -2.19. The lowest BCUT2D eigenvalue weighted by Crippen LogP contribution is -2.06. The van der Waals surface area contributed by atoms with Gasteiger partial charge in [-0.05, 0) is 93.8 Å². The third kappa shape index (κ3) is 8.37. The highest BCUT2D eigenvalue weighted by atomic mass is 35.5. The molecule has 2 N–H and O–H groups in total. The van der Waals surface area contributed by atoms with E-state index in [2.05, 4.69) is 96.4 Å². The normalized spacial score (nSPS) is 19.2. The van der Waals surface area contributed by atoms with Gasteiger partial charge >= 0.3 is 0 Å². The SMILES string of the molecule is C/C=S1/CCOC/C=C\CCCOc2cc(C3=CCC(C)=CCC3)c(C)cc2Nc2ncc(Cl)c(n2)Nc2ccccc21. The maximum Gasteiger partial charge on any atom is 0.229 e. The monoisotopic (exact) mass is 616 g/mol. The van der Waals surface area contributed by atoms with Crippen LogP contribution in [-0.4, -0.2) is 40.9 Å². The zero-order valence-corrected chi connectivity index (χ0v) is 26.9. The summed E-state index contributed by atoms with van der Waals surface area (Å²) in [6.07, 6.45) is 15.5. The third-order valence-corrected chi connectivity index (χ3v) is 9.92. The van der Waals surface area contributed by atoms with Crippen LogP contribution in [0.2, 0.25) is 5.02 Å². The van der Waals surface area contributed by atoms with Gasteiger partial charge in [0, 0.05) is 10.6 Å². The molecule has 2 heterocycles. The maximum atomic E-state index is 6.61. The topological polar surface area (TPSA) is 68.3 Å².